The summed E-state index contributed by atoms with van der Waals surface area (Å²) in [4.78, 5) is 11.0. The van der Waals surface area contributed by atoms with Gasteiger partial charge in [-0.15, -0.1) is 0 Å². The van der Waals surface area contributed by atoms with Gasteiger partial charge in [-0.3, -0.25) is 4.79 Å². The number of carbonyl (C=O) groups is 1. The SMILES string of the molecule is Cc1ccc(C(C)(C)CNC(=O)CO)cc1. The number of aliphatic hydroxyl groups is 1. The Bertz CT molecular complexity index is 355. The van der Waals surface area contributed by atoms with Crippen molar-refractivity contribution in [3.8, 4) is 0 Å². The molecule has 16 heavy (non-hydrogen) atoms. The third-order valence-corrected chi connectivity index (χ3v) is 2.70. The topological polar surface area (TPSA) is 49.3 Å². The molecule has 0 bridgehead atoms. The van der Waals surface area contributed by atoms with Crippen molar-refractivity contribution in [3.05, 3.63) is 35.4 Å². The van der Waals surface area contributed by atoms with Crippen LogP contribution in [-0.4, -0.2) is 24.2 Å². The van der Waals surface area contributed by atoms with Crippen LogP contribution in [0.4, 0.5) is 0 Å². The number of amides is 1. The smallest absolute Gasteiger partial charge is 0.245 e. The Morgan fingerprint density at radius 1 is 1.31 bits per heavy atom. The quantitative estimate of drug-likeness (QED) is 0.807. The molecule has 0 atom stereocenters. The zero-order valence-electron chi connectivity index (χ0n) is 10.1. The third-order valence-electron chi connectivity index (χ3n) is 2.70. The van der Waals surface area contributed by atoms with Gasteiger partial charge in [0.1, 0.15) is 6.61 Å². The lowest BCUT2D eigenvalue weighted by Gasteiger charge is -2.25. The molecule has 0 aliphatic rings. The molecule has 3 heteroatoms. The maximum absolute atomic E-state index is 11.0. The normalized spacial score (nSPS) is 11.2. The summed E-state index contributed by atoms with van der Waals surface area (Å²) < 4.78 is 0. The fourth-order valence-corrected chi connectivity index (χ4v) is 1.48. The molecule has 0 aliphatic carbocycles. The monoisotopic (exact) mass is 221 g/mol. The molecule has 0 saturated heterocycles. The zero-order valence-corrected chi connectivity index (χ0v) is 10.1. The Morgan fingerprint density at radius 2 is 1.88 bits per heavy atom. The maximum atomic E-state index is 11.0. The Morgan fingerprint density at radius 3 is 2.38 bits per heavy atom. The van der Waals surface area contributed by atoms with Gasteiger partial charge >= 0.3 is 0 Å². The van der Waals surface area contributed by atoms with Crippen molar-refractivity contribution in [2.75, 3.05) is 13.2 Å². The van der Waals surface area contributed by atoms with Crippen molar-refractivity contribution >= 4 is 5.91 Å². The van der Waals surface area contributed by atoms with Crippen LogP contribution in [0.15, 0.2) is 24.3 Å². The molecule has 0 saturated carbocycles. The van der Waals surface area contributed by atoms with Gasteiger partial charge in [0.2, 0.25) is 5.91 Å². The number of nitrogens with one attached hydrogen (secondary N) is 1. The van der Waals surface area contributed by atoms with Gasteiger partial charge in [-0.05, 0) is 12.5 Å². The highest BCUT2D eigenvalue weighted by atomic mass is 16.3. The standard InChI is InChI=1S/C13H19NO2/c1-10-4-6-11(7-5-10)13(2,3)9-14-12(16)8-15/h4-7,15H,8-9H2,1-3H3,(H,14,16). The van der Waals surface area contributed by atoms with Crippen LogP contribution in [0.5, 0.6) is 0 Å². The highest BCUT2D eigenvalue weighted by Crippen LogP contribution is 2.22. The molecular weight excluding hydrogens is 202 g/mol. The third kappa shape index (κ3) is 3.35. The van der Waals surface area contributed by atoms with Crippen LogP contribution in [-0.2, 0) is 10.2 Å². The van der Waals surface area contributed by atoms with E-state index in [2.05, 4.69) is 43.4 Å². The summed E-state index contributed by atoms with van der Waals surface area (Å²) in [6.45, 7) is 6.24. The van der Waals surface area contributed by atoms with Gasteiger partial charge in [0.15, 0.2) is 0 Å². The molecule has 0 heterocycles. The second kappa shape index (κ2) is 5.12. The van der Waals surface area contributed by atoms with E-state index in [0.29, 0.717) is 6.54 Å². The molecule has 0 fully saturated rings. The lowest BCUT2D eigenvalue weighted by Crippen LogP contribution is -2.37. The molecule has 0 unspecified atom stereocenters. The van der Waals surface area contributed by atoms with Crippen LogP contribution < -0.4 is 5.32 Å². The number of rotatable bonds is 4. The van der Waals surface area contributed by atoms with Gasteiger partial charge in [0.25, 0.3) is 0 Å². The van der Waals surface area contributed by atoms with Crippen molar-refractivity contribution in [3.63, 3.8) is 0 Å². The van der Waals surface area contributed by atoms with E-state index in [1.807, 2.05) is 6.92 Å². The van der Waals surface area contributed by atoms with E-state index in [4.69, 9.17) is 5.11 Å². The van der Waals surface area contributed by atoms with E-state index < -0.39 is 6.61 Å². The molecule has 1 amide bonds. The van der Waals surface area contributed by atoms with E-state index in [1.54, 1.807) is 0 Å². The number of hydrogen-bond acceptors (Lipinski definition) is 2. The number of aliphatic hydroxyl groups excluding tert-OH is 1. The number of hydrogen-bond donors (Lipinski definition) is 2. The molecule has 1 aromatic rings. The summed E-state index contributed by atoms with van der Waals surface area (Å²) in [5.74, 6) is -0.333. The Labute approximate surface area is 96.5 Å². The Hall–Kier alpha value is -1.35. The Balaban J connectivity index is 2.69. The van der Waals surface area contributed by atoms with Gasteiger partial charge < -0.3 is 10.4 Å². The maximum Gasteiger partial charge on any atom is 0.245 e. The summed E-state index contributed by atoms with van der Waals surface area (Å²) >= 11 is 0. The summed E-state index contributed by atoms with van der Waals surface area (Å²) in [5, 5.41) is 11.3. The van der Waals surface area contributed by atoms with Gasteiger partial charge in [-0.2, -0.15) is 0 Å². The molecule has 0 spiro atoms. The molecule has 0 aliphatic heterocycles. The number of benzene rings is 1. The van der Waals surface area contributed by atoms with Gasteiger partial charge in [-0.1, -0.05) is 43.7 Å². The average Bonchev–Trinajstić information content (AvgIpc) is 2.26. The Kier molecular flexibility index (Phi) is 4.07. The minimum absolute atomic E-state index is 0.126. The molecular formula is C13H19NO2. The second-order valence-corrected chi connectivity index (χ2v) is 4.68. The number of carbonyl (C=O) groups excluding carboxylic acids is 1. The van der Waals surface area contributed by atoms with Crippen LogP contribution in [0.25, 0.3) is 0 Å². The first kappa shape index (κ1) is 12.7. The van der Waals surface area contributed by atoms with Gasteiger partial charge in [0.05, 0.1) is 0 Å². The highest BCUT2D eigenvalue weighted by Gasteiger charge is 2.20. The van der Waals surface area contributed by atoms with Crippen molar-refractivity contribution in [2.45, 2.75) is 26.2 Å². The lowest BCUT2D eigenvalue weighted by atomic mass is 9.84. The first-order chi connectivity index (χ1) is 7.45. The molecule has 1 rings (SSSR count). The van der Waals surface area contributed by atoms with Gasteiger partial charge in [0, 0.05) is 12.0 Å². The van der Waals surface area contributed by atoms with E-state index in [9.17, 15) is 4.79 Å². The largest absolute Gasteiger partial charge is 0.387 e. The van der Waals surface area contributed by atoms with Crippen molar-refractivity contribution in [2.24, 2.45) is 0 Å². The van der Waals surface area contributed by atoms with Crippen molar-refractivity contribution < 1.29 is 9.90 Å². The fourth-order valence-electron chi connectivity index (χ4n) is 1.48. The number of aryl methyl sites for hydroxylation is 1. The molecule has 1 aromatic carbocycles. The highest BCUT2D eigenvalue weighted by molar-refractivity contribution is 5.76. The minimum Gasteiger partial charge on any atom is -0.387 e. The van der Waals surface area contributed by atoms with Crippen LogP contribution in [0.2, 0.25) is 0 Å². The molecule has 0 aromatic heterocycles. The van der Waals surface area contributed by atoms with E-state index >= 15 is 0 Å². The summed E-state index contributed by atoms with van der Waals surface area (Å²) in [5.41, 5.74) is 2.27. The van der Waals surface area contributed by atoms with Gasteiger partial charge in [-0.25, -0.2) is 0 Å². The fraction of sp³-hybridized carbons (Fsp3) is 0.462. The van der Waals surface area contributed by atoms with Crippen LogP contribution >= 0.6 is 0 Å². The minimum atomic E-state index is -0.454. The molecule has 88 valence electrons. The first-order valence-electron chi connectivity index (χ1n) is 5.40. The first-order valence-corrected chi connectivity index (χ1v) is 5.40. The van der Waals surface area contributed by atoms with Crippen LogP contribution in [0.1, 0.15) is 25.0 Å². The summed E-state index contributed by atoms with van der Waals surface area (Å²) in [7, 11) is 0. The van der Waals surface area contributed by atoms with Crippen LogP contribution in [0.3, 0.4) is 0 Å². The average molecular weight is 221 g/mol. The predicted molar refractivity (Wildman–Crippen MR) is 64.3 cm³/mol. The molecule has 2 N–H and O–H groups in total. The van der Waals surface area contributed by atoms with E-state index in [-0.39, 0.29) is 11.3 Å². The van der Waals surface area contributed by atoms with Crippen molar-refractivity contribution in [1.29, 1.82) is 0 Å². The predicted octanol–water partition coefficient (Wildman–Crippen LogP) is 1.38. The van der Waals surface area contributed by atoms with E-state index in [0.717, 1.165) is 0 Å². The summed E-state index contributed by atoms with van der Waals surface area (Å²) in [6.07, 6.45) is 0. The zero-order chi connectivity index (χ0) is 12.2. The summed E-state index contributed by atoms with van der Waals surface area (Å²) in [6, 6.07) is 8.26. The lowest BCUT2D eigenvalue weighted by molar-refractivity contribution is -0.124. The van der Waals surface area contributed by atoms with Crippen LogP contribution in [0, 0.1) is 6.92 Å². The second-order valence-electron chi connectivity index (χ2n) is 4.68. The van der Waals surface area contributed by atoms with E-state index in [1.165, 1.54) is 11.1 Å². The molecule has 3 nitrogen and oxygen atoms in total. The molecule has 0 radical (unpaired) electrons. The van der Waals surface area contributed by atoms with Crippen molar-refractivity contribution in [1.82, 2.24) is 5.32 Å².